The first-order valence-corrected chi connectivity index (χ1v) is 9.79. The fourth-order valence-corrected chi connectivity index (χ4v) is 4.38. The van der Waals surface area contributed by atoms with Gasteiger partial charge in [-0.1, -0.05) is 36.6 Å². The lowest BCUT2D eigenvalue weighted by molar-refractivity contribution is 0.0581. The van der Waals surface area contributed by atoms with E-state index < -0.39 is 0 Å². The van der Waals surface area contributed by atoms with Gasteiger partial charge in [-0.25, -0.2) is 0 Å². The van der Waals surface area contributed by atoms with E-state index in [1.807, 2.05) is 24.3 Å². The molecule has 2 heterocycles. The Morgan fingerprint density at radius 1 is 1.04 bits per heavy atom. The number of fused-ring (bicyclic) bond motifs is 3. The van der Waals surface area contributed by atoms with Crippen molar-refractivity contribution in [2.75, 3.05) is 6.73 Å². The molecule has 5 rings (SSSR count). The highest BCUT2D eigenvalue weighted by Crippen LogP contribution is 2.35. The summed E-state index contributed by atoms with van der Waals surface area (Å²) in [6.45, 7) is 1.37. The van der Waals surface area contributed by atoms with Crippen LogP contribution in [0.5, 0.6) is 5.75 Å². The minimum absolute atomic E-state index is 0.0284. The predicted octanol–water partition coefficient (Wildman–Crippen LogP) is 5.21. The molecule has 0 atom stereocenters. The summed E-state index contributed by atoms with van der Waals surface area (Å²) >= 11 is 5.96. The quantitative estimate of drug-likeness (QED) is 0.611. The first-order chi connectivity index (χ1) is 13.2. The maximum atomic E-state index is 13.1. The summed E-state index contributed by atoms with van der Waals surface area (Å²) in [6, 6.07) is 11.5. The molecule has 1 aliphatic heterocycles. The second-order valence-electron chi connectivity index (χ2n) is 7.36. The first-order valence-electron chi connectivity index (χ1n) is 9.41. The van der Waals surface area contributed by atoms with Crippen molar-refractivity contribution >= 4 is 22.6 Å². The van der Waals surface area contributed by atoms with Crippen molar-refractivity contribution in [3.05, 3.63) is 63.5 Å². The molecule has 1 aliphatic carbocycles. The fourth-order valence-electron chi connectivity index (χ4n) is 4.26. The number of hydrogen-bond donors (Lipinski definition) is 0. The summed E-state index contributed by atoms with van der Waals surface area (Å²) in [4.78, 5) is 15.5. The van der Waals surface area contributed by atoms with Gasteiger partial charge in [0.05, 0.1) is 16.5 Å². The summed E-state index contributed by atoms with van der Waals surface area (Å²) in [5.74, 6) is 0.819. The molecular weight excluding hydrogens is 362 g/mol. The number of halogens is 1. The van der Waals surface area contributed by atoms with Crippen molar-refractivity contribution in [1.29, 1.82) is 0 Å². The van der Waals surface area contributed by atoms with Crippen LogP contribution in [0, 0.1) is 0 Å². The molecule has 3 aromatic rings. The van der Waals surface area contributed by atoms with Crippen LogP contribution in [0.2, 0.25) is 5.02 Å². The Kier molecular flexibility index (Phi) is 4.18. The van der Waals surface area contributed by atoms with E-state index >= 15 is 0 Å². The van der Waals surface area contributed by atoms with Gasteiger partial charge in [0.15, 0.2) is 0 Å². The molecule has 138 valence electrons. The lowest BCUT2D eigenvalue weighted by atomic mass is 10.0. The van der Waals surface area contributed by atoms with Crippen LogP contribution in [0.1, 0.15) is 31.2 Å². The number of rotatable bonds is 2. The van der Waals surface area contributed by atoms with Crippen molar-refractivity contribution in [3.63, 3.8) is 0 Å². The summed E-state index contributed by atoms with van der Waals surface area (Å²) in [5.41, 5.74) is 2.93. The molecule has 0 unspecified atom stereocenters. The lowest BCUT2D eigenvalue weighted by Gasteiger charge is -2.33. The highest BCUT2D eigenvalue weighted by atomic mass is 35.5. The van der Waals surface area contributed by atoms with Gasteiger partial charge in [0, 0.05) is 17.6 Å². The molecule has 1 aromatic heterocycles. The lowest BCUT2D eigenvalue weighted by Crippen LogP contribution is -2.39. The Morgan fingerprint density at radius 2 is 1.81 bits per heavy atom. The summed E-state index contributed by atoms with van der Waals surface area (Å²) < 4.78 is 12.0. The van der Waals surface area contributed by atoms with E-state index in [-0.39, 0.29) is 5.43 Å². The van der Waals surface area contributed by atoms with Crippen molar-refractivity contribution in [3.8, 4) is 16.9 Å². The predicted molar refractivity (Wildman–Crippen MR) is 106 cm³/mol. The average molecular weight is 382 g/mol. The van der Waals surface area contributed by atoms with Gasteiger partial charge in [0.1, 0.15) is 24.3 Å². The average Bonchev–Trinajstić information content (AvgIpc) is 3.23. The summed E-state index contributed by atoms with van der Waals surface area (Å²) in [7, 11) is 0. The maximum Gasteiger partial charge on any atom is 0.200 e. The van der Waals surface area contributed by atoms with E-state index in [1.165, 1.54) is 25.7 Å². The Morgan fingerprint density at radius 3 is 2.59 bits per heavy atom. The molecule has 2 aliphatic rings. The van der Waals surface area contributed by atoms with E-state index in [9.17, 15) is 4.79 Å². The van der Waals surface area contributed by atoms with Crippen LogP contribution in [-0.2, 0) is 6.54 Å². The van der Waals surface area contributed by atoms with Crippen LogP contribution in [-0.4, -0.2) is 17.7 Å². The van der Waals surface area contributed by atoms with Gasteiger partial charge < -0.3 is 9.15 Å². The van der Waals surface area contributed by atoms with Crippen LogP contribution in [0.25, 0.3) is 22.1 Å². The molecular formula is C22H20ClNO3. The molecule has 0 radical (unpaired) electrons. The van der Waals surface area contributed by atoms with Gasteiger partial charge in [-0.15, -0.1) is 0 Å². The zero-order chi connectivity index (χ0) is 18.4. The van der Waals surface area contributed by atoms with Crippen LogP contribution in [0.4, 0.5) is 0 Å². The maximum absolute atomic E-state index is 13.1. The fraction of sp³-hybridized carbons (Fsp3) is 0.318. The number of nitrogens with zero attached hydrogens (tertiary/aromatic N) is 1. The third-order valence-electron chi connectivity index (χ3n) is 5.74. The number of hydrogen-bond acceptors (Lipinski definition) is 4. The molecule has 0 amide bonds. The minimum atomic E-state index is -0.0284. The van der Waals surface area contributed by atoms with E-state index in [0.29, 0.717) is 34.3 Å². The molecule has 0 N–H and O–H groups in total. The summed E-state index contributed by atoms with van der Waals surface area (Å²) in [6.07, 6.45) is 6.55. The van der Waals surface area contributed by atoms with Gasteiger partial charge >= 0.3 is 0 Å². The highest BCUT2D eigenvalue weighted by Gasteiger charge is 2.29. The standard InChI is InChI=1S/C22H20ClNO3/c23-15-7-5-14(6-8-15)19-12-26-22-17(21(19)25)9-10-20-18(22)11-24(13-27-20)16-3-1-2-4-16/h5-10,12,16H,1-4,11,13H2. The zero-order valence-electron chi connectivity index (χ0n) is 14.9. The van der Waals surface area contributed by atoms with Crippen molar-refractivity contribution < 1.29 is 9.15 Å². The topological polar surface area (TPSA) is 42.7 Å². The number of ether oxygens (including phenoxy) is 1. The molecule has 0 saturated heterocycles. The minimum Gasteiger partial charge on any atom is -0.478 e. The zero-order valence-corrected chi connectivity index (χ0v) is 15.7. The van der Waals surface area contributed by atoms with Gasteiger partial charge in [-0.05, 0) is 42.7 Å². The second-order valence-corrected chi connectivity index (χ2v) is 7.80. The third kappa shape index (κ3) is 2.93. The molecule has 2 aromatic carbocycles. The Balaban J connectivity index is 1.58. The SMILES string of the molecule is O=c1c(-c2ccc(Cl)cc2)coc2c3c(ccc12)OCN(C1CCCC1)C3. The first kappa shape index (κ1) is 16.8. The second kappa shape index (κ2) is 6.70. The van der Waals surface area contributed by atoms with E-state index in [2.05, 4.69) is 4.90 Å². The molecule has 5 heteroatoms. The normalized spacial score (nSPS) is 17.8. The molecule has 1 fully saturated rings. The monoisotopic (exact) mass is 381 g/mol. The Bertz CT molecular complexity index is 1050. The number of benzene rings is 2. The van der Waals surface area contributed by atoms with E-state index in [1.54, 1.807) is 18.4 Å². The molecule has 0 spiro atoms. The van der Waals surface area contributed by atoms with Gasteiger partial charge in [0.2, 0.25) is 5.43 Å². The largest absolute Gasteiger partial charge is 0.478 e. The van der Waals surface area contributed by atoms with Crippen LogP contribution in [0.15, 0.2) is 51.9 Å². The smallest absolute Gasteiger partial charge is 0.200 e. The van der Waals surface area contributed by atoms with Crippen LogP contribution in [0.3, 0.4) is 0 Å². The highest BCUT2D eigenvalue weighted by molar-refractivity contribution is 6.30. The van der Waals surface area contributed by atoms with Crippen molar-refractivity contribution in [2.24, 2.45) is 0 Å². The van der Waals surface area contributed by atoms with Gasteiger partial charge in [-0.2, -0.15) is 0 Å². The Labute approximate surface area is 162 Å². The van der Waals surface area contributed by atoms with Crippen molar-refractivity contribution in [2.45, 2.75) is 38.3 Å². The molecule has 4 nitrogen and oxygen atoms in total. The van der Waals surface area contributed by atoms with Gasteiger partial charge in [-0.3, -0.25) is 9.69 Å². The van der Waals surface area contributed by atoms with Crippen LogP contribution < -0.4 is 10.2 Å². The Hall–Kier alpha value is -2.30. The van der Waals surface area contributed by atoms with Crippen LogP contribution >= 0.6 is 11.6 Å². The van der Waals surface area contributed by atoms with E-state index in [0.717, 1.165) is 23.4 Å². The van der Waals surface area contributed by atoms with Gasteiger partial charge in [0.25, 0.3) is 0 Å². The third-order valence-corrected chi connectivity index (χ3v) is 6.00. The summed E-state index contributed by atoms with van der Waals surface area (Å²) in [5, 5.41) is 1.24. The molecule has 27 heavy (non-hydrogen) atoms. The molecule has 0 bridgehead atoms. The van der Waals surface area contributed by atoms with Crippen molar-refractivity contribution in [1.82, 2.24) is 4.90 Å². The molecule has 1 saturated carbocycles. The van der Waals surface area contributed by atoms with E-state index in [4.69, 9.17) is 20.8 Å².